The number of rotatable bonds is 4. The van der Waals surface area contributed by atoms with E-state index in [1.54, 1.807) is 0 Å². The molecule has 3 rings (SSSR count). The van der Waals surface area contributed by atoms with Crippen molar-refractivity contribution in [2.45, 2.75) is 37.5 Å². The maximum atomic E-state index is 13.0. The second-order valence-electron chi connectivity index (χ2n) is 5.48. The summed E-state index contributed by atoms with van der Waals surface area (Å²) in [7, 11) is 0. The Morgan fingerprint density at radius 3 is 3.10 bits per heavy atom. The lowest BCUT2D eigenvalue weighted by molar-refractivity contribution is -0.132. The summed E-state index contributed by atoms with van der Waals surface area (Å²) in [5.74, 6) is 1.41. The second kappa shape index (κ2) is 7.86. The summed E-state index contributed by atoms with van der Waals surface area (Å²) in [6, 6.07) is 2.55. The molecule has 118 valence electrons. The van der Waals surface area contributed by atoms with Crippen LogP contribution >= 0.6 is 35.5 Å². The summed E-state index contributed by atoms with van der Waals surface area (Å²) < 4.78 is 0. The summed E-state index contributed by atoms with van der Waals surface area (Å²) in [6.45, 7) is 5.05. The predicted molar refractivity (Wildman–Crippen MR) is 93.7 cm³/mol. The molecule has 0 radical (unpaired) electrons. The predicted octanol–water partition coefficient (Wildman–Crippen LogP) is 3.10. The third-order valence-corrected chi connectivity index (χ3v) is 6.35. The van der Waals surface area contributed by atoms with E-state index in [1.807, 2.05) is 23.1 Å². The molecule has 1 fully saturated rings. The highest BCUT2D eigenvalue weighted by Crippen LogP contribution is 2.40. The molecule has 3 heterocycles. The zero-order valence-electron chi connectivity index (χ0n) is 12.3. The van der Waals surface area contributed by atoms with Crippen molar-refractivity contribution < 1.29 is 4.79 Å². The fraction of sp³-hybridized carbons (Fsp3) is 0.667. The van der Waals surface area contributed by atoms with Gasteiger partial charge in [0.2, 0.25) is 5.91 Å². The molecule has 3 nitrogen and oxygen atoms in total. The summed E-state index contributed by atoms with van der Waals surface area (Å²) >= 11 is 3.63. The maximum absolute atomic E-state index is 13.0. The first-order chi connectivity index (χ1) is 9.81. The van der Waals surface area contributed by atoms with Crippen LogP contribution in [0.4, 0.5) is 0 Å². The van der Waals surface area contributed by atoms with Gasteiger partial charge >= 0.3 is 0 Å². The van der Waals surface area contributed by atoms with Crippen LogP contribution in [-0.2, 0) is 11.2 Å². The van der Waals surface area contributed by atoms with Gasteiger partial charge < -0.3 is 10.2 Å². The van der Waals surface area contributed by atoms with Crippen LogP contribution in [0.2, 0.25) is 0 Å². The Labute approximate surface area is 141 Å². The van der Waals surface area contributed by atoms with Crippen LogP contribution in [0.1, 0.15) is 35.5 Å². The second-order valence-corrected chi connectivity index (χ2v) is 7.69. The summed E-state index contributed by atoms with van der Waals surface area (Å²) in [6.07, 6.45) is 3.26. The maximum Gasteiger partial charge on any atom is 0.240 e. The Hall–Kier alpha value is -0.230. The number of carbonyl (C=O) groups excluding carboxylic acids is 1. The zero-order valence-corrected chi connectivity index (χ0v) is 14.8. The van der Waals surface area contributed by atoms with Gasteiger partial charge in [-0.1, -0.05) is 6.92 Å². The molecule has 1 aromatic heterocycles. The van der Waals surface area contributed by atoms with Crippen molar-refractivity contribution in [3.05, 3.63) is 21.9 Å². The number of aryl methyl sites for hydroxylation is 1. The Bertz CT molecular complexity index is 474. The van der Waals surface area contributed by atoms with Crippen molar-refractivity contribution in [3.63, 3.8) is 0 Å². The van der Waals surface area contributed by atoms with Gasteiger partial charge in [0.05, 0.1) is 0 Å². The number of nitrogens with zero attached hydrogens (tertiary/aromatic N) is 1. The zero-order chi connectivity index (χ0) is 13.9. The first kappa shape index (κ1) is 17.1. The van der Waals surface area contributed by atoms with E-state index in [-0.39, 0.29) is 17.7 Å². The third kappa shape index (κ3) is 3.58. The van der Waals surface area contributed by atoms with Crippen molar-refractivity contribution in [2.75, 3.05) is 25.4 Å². The normalized spacial score (nSPS) is 24.2. The summed E-state index contributed by atoms with van der Waals surface area (Å²) in [5.41, 5.74) is 1.28. The van der Waals surface area contributed by atoms with Crippen molar-refractivity contribution in [2.24, 2.45) is 0 Å². The van der Waals surface area contributed by atoms with E-state index in [2.05, 4.69) is 28.6 Å². The van der Waals surface area contributed by atoms with Crippen LogP contribution in [0.3, 0.4) is 0 Å². The van der Waals surface area contributed by atoms with Gasteiger partial charge in [0.1, 0.15) is 5.25 Å². The Balaban J connectivity index is 0.00000161. The van der Waals surface area contributed by atoms with Crippen LogP contribution < -0.4 is 5.32 Å². The number of thiophene rings is 1. The van der Waals surface area contributed by atoms with Gasteiger partial charge in [-0.05, 0) is 48.6 Å². The van der Waals surface area contributed by atoms with Gasteiger partial charge in [-0.2, -0.15) is 0 Å². The Morgan fingerprint density at radius 2 is 2.38 bits per heavy atom. The molecule has 1 N–H and O–H groups in total. The molecule has 1 aromatic rings. The SMILES string of the molecule is CCCN(C(=O)C1SCCc2sccc21)C1CCNC1.Cl. The van der Waals surface area contributed by atoms with E-state index in [1.165, 1.54) is 10.4 Å². The van der Waals surface area contributed by atoms with E-state index in [4.69, 9.17) is 0 Å². The number of nitrogens with one attached hydrogen (secondary N) is 1. The van der Waals surface area contributed by atoms with E-state index in [0.717, 1.165) is 44.6 Å². The Morgan fingerprint density at radius 1 is 1.52 bits per heavy atom. The average Bonchev–Trinajstić information content (AvgIpc) is 3.14. The molecule has 2 aliphatic heterocycles. The Kier molecular flexibility index (Phi) is 6.41. The number of amides is 1. The number of carbonyl (C=O) groups is 1. The molecule has 0 bridgehead atoms. The van der Waals surface area contributed by atoms with Gasteiger partial charge in [-0.15, -0.1) is 35.5 Å². The molecule has 0 aromatic carbocycles. The molecule has 2 unspecified atom stereocenters. The molecule has 2 atom stereocenters. The van der Waals surface area contributed by atoms with Gasteiger partial charge in [0.25, 0.3) is 0 Å². The molecule has 0 spiro atoms. The number of hydrogen-bond acceptors (Lipinski definition) is 4. The average molecular weight is 347 g/mol. The van der Waals surface area contributed by atoms with Gasteiger partial charge in [-0.25, -0.2) is 0 Å². The minimum Gasteiger partial charge on any atom is -0.337 e. The van der Waals surface area contributed by atoms with Crippen molar-refractivity contribution >= 4 is 41.4 Å². The quantitative estimate of drug-likeness (QED) is 0.909. The third-order valence-electron chi connectivity index (χ3n) is 4.12. The van der Waals surface area contributed by atoms with E-state index in [9.17, 15) is 4.79 Å². The molecule has 1 amide bonds. The van der Waals surface area contributed by atoms with E-state index in [0.29, 0.717) is 11.9 Å². The topological polar surface area (TPSA) is 32.3 Å². The minimum atomic E-state index is 0. The highest BCUT2D eigenvalue weighted by atomic mass is 35.5. The van der Waals surface area contributed by atoms with Crippen LogP contribution in [0, 0.1) is 0 Å². The first-order valence-corrected chi connectivity index (χ1v) is 9.43. The molecular weight excluding hydrogens is 324 g/mol. The lowest BCUT2D eigenvalue weighted by Gasteiger charge is -2.33. The lowest BCUT2D eigenvalue weighted by atomic mass is 10.1. The number of hydrogen-bond donors (Lipinski definition) is 1. The number of fused-ring (bicyclic) bond motifs is 1. The van der Waals surface area contributed by atoms with Crippen LogP contribution in [0.5, 0.6) is 0 Å². The van der Waals surface area contributed by atoms with Crippen molar-refractivity contribution in [1.82, 2.24) is 10.2 Å². The minimum absolute atomic E-state index is 0. The fourth-order valence-corrected chi connectivity index (χ4v) is 5.48. The highest BCUT2D eigenvalue weighted by molar-refractivity contribution is 8.00. The molecule has 0 saturated carbocycles. The van der Waals surface area contributed by atoms with Crippen molar-refractivity contribution in [3.8, 4) is 0 Å². The molecule has 6 heteroatoms. The number of halogens is 1. The molecule has 1 saturated heterocycles. The summed E-state index contributed by atoms with van der Waals surface area (Å²) in [5, 5.41) is 5.56. The van der Waals surface area contributed by atoms with Crippen molar-refractivity contribution in [1.29, 1.82) is 0 Å². The number of thioether (sulfide) groups is 1. The molecule has 2 aliphatic rings. The lowest BCUT2D eigenvalue weighted by Crippen LogP contribution is -2.44. The van der Waals surface area contributed by atoms with Gasteiger partial charge in [0.15, 0.2) is 0 Å². The van der Waals surface area contributed by atoms with Crippen LogP contribution in [0.15, 0.2) is 11.4 Å². The van der Waals surface area contributed by atoms with Crippen LogP contribution in [0.25, 0.3) is 0 Å². The molecular formula is C15H23ClN2OS2. The van der Waals surface area contributed by atoms with Gasteiger partial charge in [0, 0.05) is 24.0 Å². The van der Waals surface area contributed by atoms with E-state index >= 15 is 0 Å². The first-order valence-electron chi connectivity index (χ1n) is 7.50. The molecule has 0 aliphatic carbocycles. The smallest absolute Gasteiger partial charge is 0.240 e. The highest BCUT2D eigenvalue weighted by Gasteiger charge is 2.34. The largest absolute Gasteiger partial charge is 0.337 e. The van der Waals surface area contributed by atoms with E-state index < -0.39 is 0 Å². The standard InChI is InChI=1S/C15H22N2OS2.ClH/c1-2-7-17(11-3-6-16-10-11)15(18)14-12-4-8-19-13(12)5-9-20-14;/h4,8,11,14,16H,2-3,5-7,9-10H2,1H3;1H. The fourth-order valence-electron chi connectivity index (χ4n) is 3.12. The van der Waals surface area contributed by atoms with Crippen LogP contribution in [-0.4, -0.2) is 42.2 Å². The summed E-state index contributed by atoms with van der Waals surface area (Å²) in [4.78, 5) is 16.6. The monoisotopic (exact) mass is 346 g/mol. The van der Waals surface area contributed by atoms with Gasteiger partial charge in [-0.3, -0.25) is 4.79 Å². The molecule has 21 heavy (non-hydrogen) atoms.